The second-order valence-corrected chi connectivity index (χ2v) is 9.69. The molecule has 0 atom stereocenters. The molecule has 1 saturated carbocycles. The molecule has 0 radical (unpaired) electrons. The third kappa shape index (κ3) is 6.55. The van der Waals surface area contributed by atoms with E-state index >= 15 is 8.78 Å². The first kappa shape index (κ1) is 26.6. The van der Waals surface area contributed by atoms with Crippen molar-refractivity contribution in [1.82, 2.24) is 0 Å². The molecule has 5 heteroatoms. The molecule has 0 unspecified atom stereocenters. The van der Waals surface area contributed by atoms with Crippen LogP contribution in [0.15, 0.2) is 24.3 Å². The maximum absolute atomic E-state index is 15.1. The molecule has 188 valence electrons. The number of hydrogen-bond acceptors (Lipinski definition) is 1. The van der Waals surface area contributed by atoms with Gasteiger partial charge in [-0.1, -0.05) is 70.9 Å². The van der Waals surface area contributed by atoms with E-state index in [0.29, 0.717) is 17.9 Å². The summed E-state index contributed by atoms with van der Waals surface area (Å²) in [6.45, 7) is 4.45. The van der Waals surface area contributed by atoms with Gasteiger partial charge in [0.1, 0.15) is 0 Å². The van der Waals surface area contributed by atoms with Gasteiger partial charge in [-0.3, -0.25) is 0 Å². The van der Waals surface area contributed by atoms with Crippen LogP contribution in [-0.2, 0) is 0 Å². The fourth-order valence-corrected chi connectivity index (χ4v) is 5.06. The van der Waals surface area contributed by atoms with Gasteiger partial charge in [0.15, 0.2) is 23.2 Å². The van der Waals surface area contributed by atoms with Crippen LogP contribution in [0.3, 0.4) is 0 Å². The zero-order valence-corrected chi connectivity index (χ0v) is 20.6. The second kappa shape index (κ2) is 13.2. The van der Waals surface area contributed by atoms with E-state index in [4.69, 9.17) is 4.74 Å². The summed E-state index contributed by atoms with van der Waals surface area (Å²) < 4.78 is 64.5. The van der Waals surface area contributed by atoms with Gasteiger partial charge in [-0.25, -0.2) is 13.2 Å². The third-order valence-electron chi connectivity index (χ3n) is 7.21. The molecule has 1 aliphatic rings. The minimum absolute atomic E-state index is 0.0317. The number of rotatable bonds is 12. The summed E-state index contributed by atoms with van der Waals surface area (Å²) in [6, 6.07) is 5.46. The summed E-state index contributed by atoms with van der Waals surface area (Å²) in [5, 5.41) is 0. The summed E-state index contributed by atoms with van der Waals surface area (Å²) in [5.74, 6) is -4.03. The summed E-state index contributed by atoms with van der Waals surface area (Å²) in [4.78, 5) is 0. The van der Waals surface area contributed by atoms with Gasteiger partial charge < -0.3 is 4.74 Å². The Morgan fingerprint density at radius 2 is 1.29 bits per heavy atom. The van der Waals surface area contributed by atoms with Gasteiger partial charge in [-0.15, -0.1) is 0 Å². The largest absolute Gasteiger partial charge is 0.490 e. The molecular formula is C29H38F4O. The van der Waals surface area contributed by atoms with Crippen molar-refractivity contribution in [3.8, 4) is 16.9 Å². The minimum Gasteiger partial charge on any atom is -0.490 e. The first-order chi connectivity index (χ1) is 16.5. The van der Waals surface area contributed by atoms with E-state index in [0.717, 1.165) is 32.1 Å². The van der Waals surface area contributed by atoms with Gasteiger partial charge >= 0.3 is 0 Å². The van der Waals surface area contributed by atoms with E-state index in [-0.39, 0.29) is 29.4 Å². The van der Waals surface area contributed by atoms with Crippen molar-refractivity contribution >= 4 is 0 Å². The maximum Gasteiger partial charge on any atom is 0.201 e. The first-order valence-corrected chi connectivity index (χ1v) is 13.1. The van der Waals surface area contributed by atoms with Crippen LogP contribution in [-0.4, -0.2) is 6.61 Å². The molecule has 1 fully saturated rings. The lowest BCUT2D eigenvalue weighted by Gasteiger charge is -2.29. The zero-order chi connectivity index (χ0) is 24.5. The molecule has 0 spiro atoms. The van der Waals surface area contributed by atoms with E-state index in [1.54, 1.807) is 6.07 Å². The molecule has 0 heterocycles. The maximum atomic E-state index is 15.1. The van der Waals surface area contributed by atoms with Crippen LogP contribution in [0.5, 0.6) is 5.75 Å². The van der Waals surface area contributed by atoms with Gasteiger partial charge in [0.05, 0.1) is 6.61 Å². The van der Waals surface area contributed by atoms with Gasteiger partial charge in [0.25, 0.3) is 0 Å². The van der Waals surface area contributed by atoms with Gasteiger partial charge in [0.2, 0.25) is 5.82 Å². The van der Waals surface area contributed by atoms with Crippen molar-refractivity contribution in [3.63, 3.8) is 0 Å². The number of hydrogen-bond donors (Lipinski definition) is 0. The Kier molecular flexibility index (Phi) is 10.3. The van der Waals surface area contributed by atoms with Crippen LogP contribution in [0.25, 0.3) is 11.1 Å². The zero-order valence-electron chi connectivity index (χ0n) is 20.6. The predicted molar refractivity (Wildman–Crippen MR) is 130 cm³/mol. The lowest BCUT2D eigenvalue weighted by Crippen LogP contribution is -2.15. The molecule has 2 aromatic carbocycles. The van der Waals surface area contributed by atoms with Gasteiger partial charge in [-0.05, 0) is 61.6 Å². The summed E-state index contributed by atoms with van der Waals surface area (Å²) in [6.07, 6.45) is 12.9. The third-order valence-corrected chi connectivity index (χ3v) is 7.21. The Hall–Kier alpha value is -2.04. The molecule has 1 nitrogen and oxygen atoms in total. The van der Waals surface area contributed by atoms with Crippen LogP contribution in [0.2, 0.25) is 0 Å². The summed E-state index contributed by atoms with van der Waals surface area (Å²) in [7, 11) is 0. The number of unbranched alkanes of at least 4 members (excludes halogenated alkanes) is 5. The van der Waals surface area contributed by atoms with E-state index in [1.165, 1.54) is 56.7 Å². The average Bonchev–Trinajstić information content (AvgIpc) is 2.84. The van der Waals surface area contributed by atoms with Crippen LogP contribution in [0.1, 0.15) is 102 Å². The van der Waals surface area contributed by atoms with E-state index < -0.39 is 23.3 Å². The monoisotopic (exact) mass is 478 g/mol. The highest BCUT2D eigenvalue weighted by atomic mass is 19.2. The van der Waals surface area contributed by atoms with Crippen molar-refractivity contribution in [2.24, 2.45) is 5.92 Å². The van der Waals surface area contributed by atoms with Crippen LogP contribution < -0.4 is 4.74 Å². The van der Waals surface area contributed by atoms with Crippen LogP contribution >= 0.6 is 0 Å². The average molecular weight is 479 g/mol. The Bertz CT molecular complexity index is 919. The van der Waals surface area contributed by atoms with Crippen LogP contribution in [0.4, 0.5) is 17.6 Å². The van der Waals surface area contributed by atoms with Gasteiger partial charge in [-0.2, -0.15) is 4.39 Å². The number of ether oxygens (including phenoxy) is 1. The summed E-state index contributed by atoms with van der Waals surface area (Å²) in [5.41, 5.74) is -0.211. The molecule has 0 aromatic heterocycles. The Morgan fingerprint density at radius 1 is 0.676 bits per heavy atom. The van der Waals surface area contributed by atoms with Crippen molar-refractivity contribution in [2.75, 3.05) is 6.61 Å². The van der Waals surface area contributed by atoms with Crippen molar-refractivity contribution in [2.45, 2.75) is 96.8 Å². The molecule has 0 amide bonds. The minimum atomic E-state index is -1.22. The molecular weight excluding hydrogens is 440 g/mol. The lowest BCUT2D eigenvalue weighted by molar-refractivity contribution is 0.289. The molecule has 0 bridgehead atoms. The van der Waals surface area contributed by atoms with Crippen molar-refractivity contribution < 1.29 is 22.3 Å². The SMILES string of the molecule is CCCCCCCC1CCC(c2ccc(-c3ccc(OCCCC)c(F)c3F)c(F)c2F)CC1. The molecule has 0 aliphatic heterocycles. The van der Waals surface area contributed by atoms with Crippen molar-refractivity contribution in [1.29, 1.82) is 0 Å². The quantitative estimate of drug-likeness (QED) is 0.218. The smallest absolute Gasteiger partial charge is 0.201 e. The van der Waals surface area contributed by atoms with Crippen LogP contribution in [0, 0.1) is 29.2 Å². The van der Waals surface area contributed by atoms with E-state index in [9.17, 15) is 8.78 Å². The molecule has 2 aromatic rings. The fraction of sp³-hybridized carbons (Fsp3) is 0.586. The number of benzene rings is 2. The molecule has 0 N–H and O–H groups in total. The second-order valence-electron chi connectivity index (χ2n) is 9.69. The van der Waals surface area contributed by atoms with Crippen molar-refractivity contribution in [3.05, 3.63) is 53.1 Å². The topological polar surface area (TPSA) is 9.23 Å². The Balaban J connectivity index is 1.66. The molecule has 0 saturated heterocycles. The fourth-order valence-electron chi connectivity index (χ4n) is 5.06. The molecule has 1 aliphatic carbocycles. The Labute approximate surface area is 201 Å². The normalized spacial score (nSPS) is 18.3. The standard InChI is InChI=1S/C29H38F4O/c1-3-5-7-8-9-10-20-11-13-21(14-12-20)22-15-16-23(27(31)26(22)30)24-17-18-25(29(33)28(24)32)34-19-6-4-2/h15-18,20-21H,3-14,19H2,1-2H3. The summed E-state index contributed by atoms with van der Waals surface area (Å²) >= 11 is 0. The Morgan fingerprint density at radius 3 is 1.97 bits per heavy atom. The highest BCUT2D eigenvalue weighted by molar-refractivity contribution is 5.66. The predicted octanol–water partition coefficient (Wildman–Crippen LogP) is 9.72. The van der Waals surface area contributed by atoms with E-state index in [1.807, 2.05) is 6.92 Å². The first-order valence-electron chi connectivity index (χ1n) is 13.1. The van der Waals surface area contributed by atoms with E-state index in [2.05, 4.69) is 6.92 Å². The highest BCUT2D eigenvalue weighted by Crippen LogP contribution is 2.41. The molecule has 34 heavy (non-hydrogen) atoms. The lowest BCUT2D eigenvalue weighted by atomic mass is 9.76. The molecule has 3 rings (SSSR count). The van der Waals surface area contributed by atoms with Gasteiger partial charge in [0, 0.05) is 11.1 Å². The number of halogens is 4. The highest BCUT2D eigenvalue weighted by Gasteiger charge is 2.27.